The summed E-state index contributed by atoms with van der Waals surface area (Å²) in [4.78, 5) is 17.8. The van der Waals surface area contributed by atoms with Gasteiger partial charge in [-0.25, -0.2) is 9.89 Å². The zero-order valence-corrected chi connectivity index (χ0v) is 19.1. The lowest BCUT2D eigenvalue weighted by Crippen LogP contribution is -2.54. The van der Waals surface area contributed by atoms with Crippen LogP contribution in [0.5, 0.6) is 0 Å². The molecule has 0 spiro atoms. The maximum absolute atomic E-state index is 10.6. The van der Waals surface area contributed by atoms with E-state index in [9.17, 15) is 18.3 Å². The molecule has 188 valence electrons. The molecule has 9 nitrogen and oxygen atoms in total. The molecule has 5 N–H and O–H groups in total. The number of nitrogen functional groups attached to an aromatic ring is 1. The van der Waals surface area contributed by atoms with E-state index in [1.54, 1.807) is 0 Å². The number of aliphatic carboxylic acids is 1. The Kier molecular flexibility index (Phi) is 8.61. The fourth-order valence-electron chi connectivity index (χ4n) is 4.40. The highest BCUT2D eigenvalue weighted by molar-refractivity contribution is 6.30. The molecule has 4 rings (SSSR count). The van der Waals surface area contributed by atoms with E-state index in [1.807, 2.05) is 12.1 Å². The summed E-state index contributed by atoms with van der Waals surface area (Å²) in [5.41, 5.74) is 6.95. The van der Waals surface area contributed by atoms with Crippen molar-refractivity contribution in [2.75, 3.05) is 30.3 Å². The highest BCUT2D eigenvalue weighted by atomic mass is 35.5. The Morgan fingerprint density at radius 3 is 2.32 bits per heavy atom. The number of hydrogen-bond acceptors (Lipinski definition) is 7. The summed E-state index contributed by atoms with van der Waals surface area (Å²) in [5.74, 6) is -1.72. The van der Waals surface area contributed by atoms with Crippen LogP contribution in [0.1, 0.15) is 31.2 Å². The number of piperidine rings is 2. The second-order valence-electron chi connectivity index (χ2n) is 8.45. The minimum absolute atomic E-state index is 0.225. The van der Waals surface area contributed by atoms with E-state index < -0.39 is 12.1 Å². The summed E-state index contributed by atoms with van der Waals surface area (Å²) in [7, 11) is 0. The minimum Gasteiger partial charge on any atom is -0.475 e. The number of nitrogens with two attached hydrogens (primary N) is 1. The first kappa shape index (κ1) is 26.0. The highest BCUT2D eigenvalue weighted by Crippen LogP contribution is 2.29. The standard InChI is InChI=1S/C19H27ClN6O.C2HF3O2/c20-14-3-1-13(2-4-14)11-16-5-6-17(27)12-26(16)15-7-9-25(10-8-15)19-22-18(21)23-24-19;3-2(4,5)1(6)7/h1-4,15-17,27H,5-12H2,(H3,21,22,23,24);(H,6,7)/t16-,17-;/m1./s1. The molecule has 2 saturated heterocycles. The number of carbonyl (C=O) groups is 1. The molecule has 1 aromatic heterocycles. The molecule has 2 aliphatic heterocycles. The minimum atomic E-state index is -5.08. The third-order valence-corrected chi connectivity index (χ3v) is 6.31. The summed E-state index contributed by atoms with van der Waals surface area (Å²) in [5, 5.41) is 25.0. The van der Waals surface area contributed by atoms with E-state index in [0.29, 0.717) is 24.0 Å². The van der Waals surface area contributed by atoms with E-state index in [4.69, 9.17) is 27.2 Å². The van der Waals surface area contributed by atoms with Crippen molar-refractivity contribution in [3.63, 3.8) is 0 Å². The topological polar surface area (TPSA) is 132 Å². The largest absolute Gasteiger partial charge is 0.490 e. The molecule has 1 aromatic carbocycles. The molecule has 0 amide bonds. The summed E-state index contributed by atoms with van der Waals surface area (Å²) in [6, 6.07) is 9.08. The van der Waals surface area contributed by atoms with Crippen LogP contribution in [0.25, 0.3) is 0 Å². The number of nitrogens with one attached hydrogen (secondary N) is 1. The van der Waals surface area contributed by atoms with Gasteiger partial charge in [-0.2, -0.15) is 18.2 Å². The number of aliphatic hydroxyl groups excluding tert-OH is 1. The van der Waals surface area contributed by atoms with E-state index in [2.05, 4.69) is 37.1 Å². The van der Waals surface area contributed by atoms with Gasteiger partial charge in [0.05, 0.1) is 6.10 Å². The number of aliphatic hydroxyl groups is 1. The molecule has 13 heteroatoms. The number of carboxylic acids is 1. The van der Waals surface area contributed by atoms with E-state index >= 15 is 0 Å². The van der Waals surface area contributed by atoms with Crippen LogP contribution in [-0.2, 0) is 11.2 Å². The fraction of sp³-hybridized carbons (Fsp3) is 0.571. The van der Waals surface area contributed by atoms with Crippen molar-refractivity contribution in [2.24, 2.45) is 0 Å². The van der Waals surface area contributed by atoms with Crippen LogP contribution in [0.2, 0.25) is 5.02 Å². The number of alkyl halides is 3. The monoisotopic (exact) mass is 504 g/mol. The number of likely N-dealkylation sites (tertiary alicyclic amines) is 1. The van der Waals surface area contributed by atoms with Crippen LogP contribution in [0.15, 0.2) is 24.3 Å². The van der Waals surface area contributed by atoms with Gasteiger partial charge in [-0.15, -0.1) is 5.10 Å². The van der Waals surface area contributed by atoms with E-state index in [0.717, 1.165) is 56.8 Å². The van der Waals surface area contributed by atoms with Crippen LogP contribution in [-0.4, -0.2) is 80.3 Å². The molecule has 0 unspecified atom stereocenters. The summed E-state index contributed by atoms with van der Waals surface area (Å²) in [6.45, 7) is 2.57. The second kappa shape index (κ2) is 11.2. The molecule has 2 aromatic rings. The van der Waals surface area contributed by atoms with Gasteiger partial charge in [-0.3, -0.25) is 4.90 Å². The third-order valence-electron chi connectivity index (χ3n) is 6.06. The van der Waals surface area contributed by atoms with Gasteiger partial charge in [0.25, 0.3) is 0 Å². The van der Waals surface area contributed by atoms with Crippen molar-refractivity contribution >= 4 is 29.5 Å². The normalized spacial score (nSPS) is 22.2. The summed E-state index contributed by atoms with van der Waals surface area (Å²) >= 11 is 6.02. The number of rotatable bonds is 4. The average Bonchev–Trinajstić information content (AvgIpc) is 3.23. The molecule has 2 atom stereocenters. The van der Waals surface area contributed by atoms with Gasteiger partial charge in [0.15, 0.2) is 0 Å². The van der Waals surface area contributed by atoms with Gasteiger partial charge in [0.2, 0.25) is 11.9 Å². The third kappa shape index (κ3) is 7.21. The predicted octanol–water partition coefficient (Wildman–Crippen LogP) is 2.71. The Labute approximate surface area is 199 Å². The van der Waals surface area contributed by atoms with Gasteiger partial charge < -0.3 is 20.8 Å². The number of β-amino-alcohol motifs (C(OH)–C–C–N with tert-alkyl or cyclic N) is 1. The smallest absolute Gasteiger partial charge is 0.475 e. The van der Waals surface area contributed by atoms with Gasteiger partial charge in [0, 0.05) is 36.7 Å². The van der Waals surface area contributed by atoms with E-state index in [-0.39, 0.29) is 6.10 Å². The molecule has 3 heterocycles. The lowest BCUT2D eigenvalue weighted by Gasteiger charge is -2.46. The lowest BCUT2D eigenvalue weighted by molar-refractivity contribution is -0.192. The van der Waals surface area contributed by atoms with Crippen molar-refractivity contribution in [1.29, 1.82) is 0 Å². The fourth-order valence-corrected chi connectivity index (χ4v) is 4.52. The van der Waals surface area contributed by atoms with Crippen molar-refractivity contribution in [3.05, 3.63) is 34.9 Å². The number of carboxylic acid groups (broad SMARTS) is 1. The van der Waals surface area contributed by atoms with Crippen molar-refractivity contribution in [2.45, 2.75) is 56.5 Å². The van der Waals surface area contributed by atoms with Gasteiger partial charge in [-0.05, 0) is 49.8 Å². The first-order valence-electron chi connectivity index (χ1n) is 10.9. The van der Waals surface area contributed by atoms with Crippen LogP contribution >= 0.6 is 11.6 Å². The van der Waals surface area contributed by atoms with Crippen LogP contribution in [0.4, 0.5) is 25.1 Å². The maximum atomic E-state index is 10.6. The molecule has 2 aliphatic rings. The first-order chi connectivity index (χ1) is 16.0. The van der Waals surface area contributed by atoms with Crippen molar-refractivity contribution < 1.29 is 28.2 Å². The molecular formula is C21H28ClF3N6O3. The number of halogens is 4. The molecule has 34 heavy (non-hydrogen) atoms. The summed E-state index contributed by atoms with van der Waals surface area (Å²) < 4.78 is 31.7. The average molecular weight is 505 g/mol. The Morgan fingerprint density at radius 1 is 1.18 bits per heavy atom. The number of aromatic nitrogens is 3. The Bertz CT molecular complexity index is 935. The Balaban J connectivity index is 0.000000406. The molecule has 0 saturated carbocycles. The number of hydrogen-bond donors (Lipinski definition) is 4. The number of benzene rings is 1. The second-order valence-corrected chi connectivity index (χ2v) is 8.89. The number of nitrogens with zero attached hydrogens (tertiary/aromatic N) is 4. The number of anilines is 2. The van der Waals surface area contributed by atoms with Gasteiger partial charge in [0.1, 0.15) is 0 Å². The van der Waals surface area contributed by atoms with Gasteiger partial charge >= 0.3 is 12.1 Å². The Hall–Kier alpha value is -2.57. The predicted molar refractivity (Wildman–Crippen MR) is 121 cm³/mol. The molecule has 0 aliphatic carbocycles. The zero-order chi connectivity index (χ0) is 24.9. The zero-order valence-electron chi connectivity index (χ0n) is 18.4. The quantitative estimate of drug-likeness (QED) is 0.500. The van der Waals surface area contributed by atoms with E-state index in [1.165, 1.54) is 5.56 Å². The molecule has 0 radical (unpaired) electrons. The highest BCUT2D eigenvalue weighted by Gasteiger charge is 2.38. The Morgan fingerprint density at radius 2 is 1.79 bits per heavy atom. The molecule has 2 fully saturated rings. The van der Waals surface area contributed by atoms with Gasteiger partial charge in [-0.1, -0.05) is 23.7 Å². The van der Waals surface area contributed by atoms with Crippen LogP contribution in [0.3, 0.4) is 0 Å². The maximum Gasteiger partial charge on any atom is 0.490 e. The number of aromatic amines is 1. The summed E-state index contributed by atoms with van der Waals surface area (Å²) in [6.07, 6.45) is -0.318. The van der Waals surface area contributed by atoms with Crippen molar-refractivity contribution in [1.82, 2.24) is 20.1 Å². The first-order valence-corrected chi connectivity index (χ1v) is 11.3. The molecular weight excluding hydrogens is 477 g/mol. The molecule has 0 bridgehead atoms. The lowest BCUT2D eigenvalue weighted by atomic mass is 9.90. The SMILES string of the molecule is Nc1nc(N2CCC(N3C[C@H](O)CC[C@@H]3Cc3ccc(Cl)cc3)CC2)n[nH]1.O=C(O)C(F)(F)F. The van der Waals surface area contributed by atoms with Crippen molar-refractivity contribution in [3.8, 4) is 0 Å². The van der Waals surface area contributed by atoms with Crippen LogP contribution < -0.4 is 10.6 Å². The van der Waals surface area contributed by atoms with Crippen LogP contribution in [0, 0.1) is 0 Å². The number of H-pyrrole nitrogens is 1.